The van der Waals surface area contributed by atoms with E-state index in [-0.39, 0.29) is 28.2 Å². The molecule has 1 saturated heterocycles. The Kier molecular flexibility index (Phi) is 11.7. The first-order chi connectivity index (χ1) is 16.5. The van der Waals surface area contributed by atoms with E-state index in [1.54, 1.807) is 11.9 Å². The molecule has 3 atom stereocenters. The molecule has 1 heterocycles. The predicted molar refractivity (Wildman–Crippen MR) is 154 cm³/mol. The molecule has 1 amide bonds. The van der Waals surface area contributed by atoms with E-state index in [1.807, 2.05) is 48.5 Å². The molecule has 192 valence electrons. The fourth-order valence-corrected chi connectivity index (χ4v) is 5.28. The number of carbonyl (C=O) groups is 1. The van der Waals surface area contributed by atoms with E-state index in [2.05, 4.69) is 63.0 Å². The number of halogens is 2. The molecule has 1 N–H and O–H groups in total. The van der Waals surface area contributed by atoms with Crippen LogP contribution in [0.25, 0.3) is 0 Å². The number of allylic oxidation sites excluding steroid dienone is 1. The van der Waals surface area contributed by atoms with Crippen LogP contribution in [0.1, 0.15) is 71.9 Å². The predicted octanol–water partition coefficient (Wildman–Crippen LogP) is 8.74. The molecule has 2 unspecified atom stereocenters. The molecule has 1 fully saturated rings. The van der Waals surface area contributed by atoms with Crippen molar-refractivity contribution in [2.75, 3.05) is 6.54 Å². The van der Waals surface area contributed by atoms with Crippen LogP contribution in [0.2, 0.25) is 10.0 Å². The van der Waals surface area contributed by atoms with Crippen LogP contribution in [0.3, 0.4) is 0 Å². The van der Waals surface area contributed by atoms with Crippen LogP contribution < -0.4 is 4.72 Å². The Balaban J connectivity index is 0.000000527. The van der Waals surface area contributed by atoms with Gasteiger partial charge in [-0.05, 0) is 76.3 Å². The highest BCUT2D eigenvalue weighted by Crippen LogP contribution is 2.44. The van der Waals surface area contributed by atoms with Crippen molar-refractivity contribution in [1.82, 2.24) is 9.62 Å². The molecule has 35 heavy (non-hydrogen) atoms. The zero-order valence-corrected chi connectivity index (χ0v) is 24.0. The molecule has 0 bridgehead atoms. The van der Waals surface area contributed by atoms with Crippen molar-refractivity contribution in [3.05, 3.63) is 82.9 Å². The van der Waals surface area contributed by atoms with E-state index in [9.17, 15) is 4.79 Å². The van der Waals surface area contributed by atoms with Gasteiger partial charge in [-0.15, -0.1) is 6.58 Å². The average molecular weight is 536 g/mol. The van der Waals surface area contributed by atoms with Gasteiger partial charge in [-0.3, -0.25) is 9.52 Å². The maximum Gasteiger partial charge on any atom is 0.229 e. The largest absolute Gasteiger partial charge is 0.331 e. The van der Waals surface area contributed by atoms with Gasteiger partial charge in [-0.2, -0.15) is 0 Å². The third kappa shape index (κ3) is 9.17. The quantitative estimate of drug-likeness (QED) is 0.271. The molecule has 0 radical (unpaired) electrons. The van der Waals surface area contributed by atoms with Gasteiger partial charge in [0.15, 0.2) is 0 Å². The molecule has 2 aromatic rings. The maximum absolute atomic E-state index is 13.7. The van der Waals surface area contributed by atoms with Gasteiger partial charge in [0.2, 0.25) is 5.91 Å². The van der Waals surface area contributed by atoms with Gasteiger partial charge in [0.05, 0.1) is 11.5 Å². The molecule has 3 nitrogen and oxygen atoms in total. The minimum atomic E-state index is -0.366. The lowest BCUT2D eigenvalue weighted by Crippen LogP contribution is -2.55. The number of benzene rings is 2. The normalized spacial score (nSPS) is 21.2. The minimum Gasteiger partial charge on any atom is -0.331 e. The Morgan fingerprint density at radius 1 is 1.14 bits per heavy atom. The van der Waals surface area contributed by atoms with Crippen molar-refractivity contribution in [3.8, 4) is 0 Å². The summed E-state index contributed by atoms with van der Waals surface area (Å²) < 4.78 is 3.65. The molecular formula is C29H40Cl2N2OS. The molecule has 3 rings (SSSR count). The molecule has 0 saturated carbocycles. The van der Waals surface area contributed by atoms with Crippen LogP contribution in [0.15, 0.2) is 67.3 Å². The summed E-state index contributed by atoms with van der Waals surface area (Å²) in [6, 6.07) is 17.7. The summed E-state index contributed by atoms with van der Waals surface area (Å²) in [7, 11) is 0. The first kappa shape index (κ1) is 29.8. The number of rotatable bonds is 8. The Hall–Kier alpha value is -1.46. The van der Waals surface area contributed by atoms with Gasteiger partial charge >= 0.3 is 0 Å². The lowest BCUT2D eigenvalue weighted by molar-refractivity contribution is -0.152. The lowest BCUT2D eigenvalue weighted by Gasteiger charge is -2.48. The number of nitrogens with one attached hydrogen (secondary N) is 1. The van der Waals surface area contributed by atoms with Crippen LogP contribution in [0.4, 0.5) is 0 Å². The van der Waals surface area contributed by atoms with E-state index in [1.165, 1.54) is 5.56 Å². The monoisotopic (exact) mass is 534 g/mol. The smallest absolute Gasteiger partial charge is 0.229 e. The van der Waals surface area contributed by atoms with Gasteiger partial charge in [-0.25, -0.2) is 0 Å². The Bertz CT molecular complexity index is 930. The van der Waals surface area contributed by atoms with Gasteiger partial charge in [0, 0.05) is 27.4 Å². The van der Waals surface area contributed by atoms with Crippen molar-refractivity contribution in [2.24, 2.45) is 5.41 Å². The molecule has 0 aromatic heterocycles. The van der Waals surface area contributed by atoms with Crippen LogP contribution in [-0.4, -0.2) is 28.1 Å². The lowest BCUT2D eigenvalue weighted by atomic mass is 9.74. The summed E-state index contributed by atoms with van der Waals surface area (Å²) in [5, 5.41) is 1.52. The fourth-order valence-electron chi connectivity index (χ4n) is 4.30. The molecule has 2 aromatic carbocycles. The number of nitrogens with zero attached hydrogens (tertiary/aromatic N) is 1. The van der Waals surface area contributed by atoms with Crippen molar-refractivity contribution < 1.29 is 4.79 Å². The Morgan fingerprint density at radius 2 is 1.74 bits per heavy atom. The number of piperidine rings is 1. The second-order valence-corrected chi connectivity index (χ2v) is 12.9. The van der Waals surface area contributed by atoms with E-state index in [4.69, 9.17) is 23.2 Å². The summed E-state index contributed by atoms with van der Waals surface area (Å²) in [4.78, 5) is 15.8. The van der Waals surface area contributed by atoms with E-state index < -0.39 is 0 Å². The van der Waals surface area contributed by atoms with Gasteiger partial charge < -0.3 is 4.90 Å². The summed E-state index contributed by atoms with van der Waals surface area (Å²) in [5.41, 5.74) is 0.801. The number of hydrogen-bond donors (Lipinski definition) is 1. The van der Waals surface area contributed by atoms with Crippen LogP contribution in [0, 0.1) is 5.41 Å². The third-order valence-corrected chi connectivity index (χ3v) is 7.63. The van der Waals surface area contributed by atoms with Crippen molar-refractivity contribution >= 4 is 41.1 Å². The number of carbonyl (C=O) groups excluding carboxylic acids is 1. The minimum absolute atomic E-state index is 0.0917. The highest BCUT2D eigenvalue weighted by atomic mass is 35.5. The standard InChI is InChI=1S/C23H35ClN2OS.C6H5Cl/c1-7-14-23(6)15-13-20(17-9-11-18(24)12-10-17)26(21(23)27)19(8-2)16-25-28-22(3,4)5;7-6-4-2-1-3-5-6/h7,9-12,19-20,25H,1,8,13-16H2,2-6H3;1-5H/t19?,20?,23-;/m0./s1. The van der Waals surface area contributed by atoms with E-state index in [0.717, 1.165) is 42.3 Å². The van der Waals surface area contributed by atoms with E-state index in [0.29, 0.717) is 0 Å². The number of likely N-dealkylation sites (tertiary alicyclic amines) is 1. The molecule has 1 aliphatic rings. The zero-order valence-electron chi connectivity index (χ0n) is 21.7. The van der Waals surface area contributed by atoms with Crippen LogP contribution in [-0.2, 0) is 4.79 Å². The van der Waals surface area contributed by atoms with Crippen LogP contribution >= 0.6 is 35.1 Å². The summed E-state index contributed by atoms with van der Waals surface area (Å²) in [6.45, 7) is 15.5. The molecule has 1 aliphatic heterocycles. The second-order valence-electron chi connectivity index (χ2n) is 10.3. The summed E-state index contributed by atoms with van der Waals surface area (Å²) in [5.74, 6) is 0.244. The summed E-state index contributed by atoms with van der Waals surface area (Å²) in [6.07, 6.45) is 5.35. The Labute approximate surface area is 226 Å². The van der Waals surface area contributed by atoms with Gasteiger partial charge in [0.1, 0.15) is 0 Å². The second kappa shape index (κ2) is 13.7. The topological polar surface area (TPSA) is 32.3 Å². The van der Waals surface area contributed by atoms with E-state index >= 15 is 0 Å². The SMILES string of the molecule is C=CC[C@@]1(C)CCC(c2ccc(Cl)cc2)N(C(CC)CNSC(C)(C)C)C1=O.Clc1ccccc1. The zero-order chi connectivity index (χ0) is 26.1. The summed E-state index contributed by atoms with van der Waals surface area (Å²) >= 11 is 13.4. The fraction of sp³-hybridized carbons (Fsp3) is 0.483. The molecular weight excluding hydrogens is 495 g/mol. The van der Waals surface area contributed by atoms with Crippen LogP contribution in [0.5, 0.6) is 0 Å². The van der Waals surface area contributed by atoms with Gasteiger partial charge in [0.25, 0.3) is 0 Å². The van der Waals surface area contributed by atoms with Crippen molar-refractivity contribution in [3.63, 3.8) is 0 Å². The van der Waals surface area contributed by atoms with Crippen molar-refractivity contribution in [2.45, 2.75) is 77.1 Å². The molecule has 0 spiro atoms. The maximum atomic E-state index is 13.7. The highest BCUT2D eigenvalue weighted by Gasteiger charge is 2.45. The van der Waals surface area contributed by atoms with Gasteiger partial charge in [-0.1, -0.05) is 85.4 Å². The number of hydrogen-bond acceptors (Lipinski definition) is 3. The third-order valence-electron chi connectivity index (χ3n) is 6.20. The molecule has 6 heteroatoms. The molecule has 0 aliphatic carbocycles. The number of amides is 1. The average Bonchev–Trinajstić information content (AvgIpc) is 2.80. The van der Waals surface area contributed by atoms with Crippen molar-refractivity contribution in [1.29, 1.82) is 0 Å². The highest BCUT2D eigenvalue weighted by molar-refractivity contribution is 7.98. The first-order valence-electron chi connectivity index (χ1n) is 12.3. The first-order valence-corrected chi connectivity index (χ1v) is 13.9. The Morgan fingerprint density at radius 3 is 2.23 bits per heavy atom.